The molecule has 1 unspecified atom stereocenters. The molecule has 0 saturated carbocycles. The fourth-order valence-corrected chi connectivity index (χ4v) is 5.80. The summed E-state index contributed by atoms with van der Waals surface area (Å²) in [6, 6.07) is 0. The van der Waals surface area contributed by atoms with E-state index in [0.717, 1.165) is 57.8 Å². The number of allylic oxidation sites excluding steroid dienone is 17. The molecule has 0 saturated heterocycles. The van der Waals surface area contributed by atoms with Gasteiger partial charge in [0.15, 0.2) is 6.10 Å². The molecule has 0 bridgehead atoms. The van der Waals surface area contributed by atoms with Gasteiger partial charge in [-0.15, -0.1) is 0 Å². The number of hydrogen-bond donors (Lipinski definition) is 6. The number of hydrogen-bond acceptors (Lipinski definition) is 12. The third kappa shape index (κ3) is 39.1. The number of aliphatic hydroxyl groups excluding tert-OH is 5. The number of carbonyl (C=O) groups is 2. The monoisotopic (exact) mass is 890 g/mol. The van der Waals surface area contributed by atoms with Crippen molar-refractivity contribution in [3.8, 4) is 0 Å². The molecule has 13 nitrogen and oxygen atoms in total. The molecule has 0 aliphatic heterocycles. The molecule has 0 spiro atoms. The fourth-order valence-electron chi connectivity index (χ4n) is 5.01. The lowest BCUT2D eigenvalue weighted by Crippen LogP contribution is -2.30. The summed E-state index contributed by atoms with van der Waals surface area (Å²) in [5.74, 6) is -1.31. The molecule has 0 fully saturated rings. The largest absolute Gasteiger partial charge is 0.472 e. The Morgan fingerprint density at radius 1 is 0.597 bits per heavy atom. The normalized spacial score (nSPS) is 16.5. The molecule has 14 heteroatoms. The molecule has 0 aliphatic carbocycles. The Morgan fingerprint density at radius 2 is 1.13 bits per heavy atom. The SMILES string of the molecule is CC/C=C\C/C=C\C/C=C\C/C=C\C/C=C\CCCCCC(=O)OC[C@H](COP(=O)(O)OC[C@@H](O)CO)OC(=O)CCC[C@@H](O)[C@H](O)\C=C/C=C\C=C\C=C\[C@@H](O)C/C=C\CC. The minimum absolute atomic E-state index is 0.0505. The maximum absolute atomic E-state index is 12.7. The lowest BCUT2D eigenvalue weighted by Gasteiger charge is -2.20. The van der Waals surface area contributed by atoms with Crippen LogP contribution in [0.3, 0.4) is 0 Å². The zero-order valence-corrected chi connectivity index (χ0v) is 37.8. The van der Waals surface area contributed by atoms with Crippen LogP contribution in [0.1, 0.15) is 110 Å². The maximum atomic E-state index is 12.7. The van der Waals surface area contributed by atoms with Gasteiger partial charge in [0.25, 0.3) is 0 Å². The zero-order chi connectivity index (χ0) is 45.9. The smallest absolute Gasteiger partial charge is 0.462 e. The van der Waals surface area contributed by atoms with Gasteiger partial charge in [-0.25, -0.2) is 4.57 Å². The molecule has 0 heterocycles. The standard InChI is InChI=1S/C48H75O13P/c1-3-5-7-8-9-10-11-12-13-14-15-16-17-18-19-20-21-26-30-36-47(54)58-40-44(41-60-62(56,57)59-39-43(51)38-49)61-48(55)37-31-35-46(53)45(52)34-29-25-23-22-24-28-33-42(50)32-27-6-4-2/h5-7,9-10,12-13,15-16,18-19,22-25,27-29,33-34,42-46,49-53H,3-4,8,11,14,17,20-21,26,30-32,35-41H2,1-2H3,(H,56,57)/b7-5-,10-9-,13-12-,16-15-,19-18-,24-22+,25-23-,27-6-,33-28+,34-29-/t42-,43-,44+,45+,46+/m0/s1. The summed E-state index contributed by atoms with van der Waals surface area (Å²) in [4.78, 5) is 35.1. The van der Waals surface area contributed by atoms with Gasteiger partial charge in [-0.3, -0.25) is 18.6 Å². The van der Waals surface area contributed by atoms with Crippen molar-refractivity contribution < 1.29 is 63.1 Å². The van der Waals surface area contributed by atoms with Gasteiger partial charge in [0.1, 0.15) is 12.7 Å². The first kappa shape index (κ1) is 58.2. The summed E-state index contributed by atoms with van der Waals surface area (Å²) in [6.45, 7) is 1.60. The number of aliphatic hydroxyl groups is 5. The highest BCUT2D eigenvalue weighted by Gasteiger charge is 2.27. The Hall–Kier alpha value is -3.75. The summed E-state index contributed by atoms with van der Waals surface area (Å²) in [5, 5.41) is 48.8. The lowest BCUT2D eigenvalue weighted by molar-refractivity contribution is -0.161. The highest BCUT2D eigenvalue weighted by atomic mass is 31.2. The molecule has 6 atom stereocenters. The van der Waals surface area contributed by atoms with Crippen LogP contribution in [0, 0.1) is 0 Å². The second-order valence-corrected chi connectivity index (χ2v) is 15.6. The molecule has 0 aromatic carbocycles. The molecular formula is C48H75O13P. The van der Waals surface area contributed by atoms with E-state index >= 15 is 0 Å². The van der Waals surface area contributed by atoms with E-state index in [1.54, 1.807) is 42.5 Å². The second-order valence-electron chi connectivity index (χ2n) is 14.2. The highest BCUT2D eigenvalue weighted by Crippen LogP contribution is 2.43. The van der Waals surface area contributed by atoms with E-state index < -0.39 is 76.7 Å². The molecule has 0 amide bonds. The fraction of sp³-hybridized carbons (Fsp3) is 0.542. The van der Waals surface area contributed by atoms with Crippen LogP contribution < -0.4 is 0 Å². The van der Waals surface area contributed by atoms with E-state index in [-0.39, 0.29) is 25.7 Å². The van der Waals surface area contributed by atoms with Gasteiger partial charge < -0.3 is 39.9 Å². The van der Waals surface area contributed by atoms with Crippen LogP contribution in [0.2, 0.25) is 0 Å². The summed E-state index contributed by atoms with van der Waals surface area (Å²) >= 11 is 0. The Balaban J connectivity index is 4.70. The van der Waals surface area contributed by atoms with Gasteiger partial charge in [-0.05, 0) is 77.0 Å². The van der Waals surface area contributed by atoms with Crippen LogP contribution >= 0.6 is 7.82 Å². The molecule has 62 heavy (non-hydrogen) atoms. The summed E-state index contributed by atoms with van der Waals surface area (Å²) in [7, 11) is -4.74. The lowest BCUT2D eigenvalue weighted by atomic mass is 10.1. The minimum atomic E-state index is -4.74. The van der Waals surface area contributed by atoms with Gasteiger partial charge in [0.2, 0.25) is 0 Å². The second kappa shape index (κ2) is 41.3. The Labute approximate surface area is 370 Å². The van der Waals surface area contributed by atoms with E-state index in [4.69, 9.17) is 19.1 Å². The number of rotatable bonds is 38. The average molecular weight is 891 g/mol. The molecule has 6 N–H and O–H groups in total. The minimum Gasteiger partial charge on any atom is -0.462 e. The average Bonchev–Trinajstić information content (AvgIpc) is 3.25. The van der Waals surface area contributed by atoms with Crippen LogP contribution in [0.25, 0.3) is 0 Å². The van der Waals surface area contributed by atoms with Crippen LogP contribution in [-0.4, -0.2) is 99.3 Å². The zero-order valence-electron chi connectivity index (χ0n) is 36.9. The van der Waals surface area contributed by atoms with Crippen molar-refractivity contribution >= 4 is 19.8 Å². The molecule has 0 aromatic heterocycles. The molecule has 350 valence electrons. The molecule has 0 radical (unpaired) electrons. The third-order valence-corrected chi connectivity index (χ3v) is 9.40. The van der Waals surface area contributed by atoms with E-state index in [1.807, 2.05) is 19.1 Å². The molecule has 0 aromatic rings. The first-order chi connectivity index (χ1) is 29.9. The Bertz CT molecular complexity index is 1490. The van der Waals surface area contributed by atoms with Crippen molar-refractivity contribution in [2.75, 3.05) is 26.4 Å². The number of phosphoric acid groups is 1. The van der Waals surface area contributed by atoms with Gasteiger partial charge in [-0.1, -0.05) is 142 Å². The maximum Gasteiger partial charge on any atom is 0.472 e. The van der Waals surface area contributed by atoms with Crippen LogP contribution in [0.4, 0.5) is 0 Å². The van der Waals surface area contributed by atoms with E-state index in [9.17, 15) is 39.5 Å². The first-order valence-corrected chi connectivity index (χ1v) is 23.3. The van der Waals surface area contributed by atoms with Gasteiger partial charge in [-0.2, -0.15) is 0 Å². The summed E-state index contributed by atoms with van der Waals surface area (Å²) in [5.41, 5.74) is 0. The van der Waals surface area contributed by atoms with Crippen LogP contribution in [0.15, 0.2) is 122 Å². The van der Waals surface area contributed by atoms with Crippen molar-refractivity contribution in [3.05, 3.63) is 122 Å². The molecular weight excluding hydrogens is 815 g/mol. The Morgan fingerprint density at radius 3 is 1.74 bits per heavy atom. The number of esters is 2. The van der Waals surface area contributed by atoms with Crippen molar-refractivity contribution in [1.82, 2.24) is 0 Å². The first-order valence-electron chi connectivity index (χ1n) is 21.8. The van der Waals surface area contributed by atoms with Crippen LogP contribution in [0.5, 0.6) is 0 Å². The summed E-state index contributed by atoms with van der Waals surface area (Å²) < 4.78 is 32.4. The van der Waals surface area contributed by atoms with Crippen molar-refractivity contribution in [1.29, 1.82) is 0 Å². The quantitative estimate of drug-likeness (QED) is 0.0113. The van der Waals surface area contributed by atoms with E-state index in [1.165, 1.54) is 6.08 Å². The number of carbonyl (C=O) groups excluding carboxylic acids is 2. The van der Waals surface area contributed by atoms with Gasteiger partial charge in [0.05, 0.1) is 38.1 Å². The van der Waals surface area contributed by atoms with Crippen molar-refractivity contribution in [3.63, 3.8) is 0 Å². The Kier molecular flexibility index (Phi) is 38.8. The van der Waals surface area contributed by atoms with E-state index in [0.29, 0.717) is 12.8 Å². The van der Waals surface area contributed by atoms with Gasteiger partial charge in [0, 0.05) is 12.8 Å². The number of ether oxygens (including phenoxy) is 2. The van der Waals surface area contributed by atoms with Crippen molar-refractivity contribution in [2.24, 2.45) is 0 Å². The van der Waals surface area contributed by atoms with Gasteiger partial charge >= 0.3 is 19.8 Å². The predicted molar refractivity (Wildman–Crippen MR) is 246 cm³/mol. The summed E-state index contributed by atoms with van der Waals surface area (Å²) in [6.07, 6.45) is 42.5. The van der Waals surface area contributed by atoms with E-state index in [2.05, 4.69) is 72.2 Å². The van der Waals surface area contributed by atoms with Crippen LogP contribution in [-0.2, 0) is 32.7 Å². The van der Waals surface area contributed by atoms with Crippen molar-refractivity contribution in [2.45, 2.75) is 141 Å². The molecule has 0 rings (SSSR count). The predicted octanol–water partition coefficient (Wildman–Crippen LogP) is 8.46. The number of phosphoric ester groups is 1. The third-order valence-electron chi connectivity index (χ3n) is 8.45. The topological polar surface area (TPSA) is 210 Å². The highest BCUT2D eigenvalue weighted by molar-refractivity contribution is 7.47. The molecule has 0 aliphatic rings. The number of unbranched alkanes of at least 4 members (excludes halogenated alkanes) is 3.